The predicted octanol–water partition coefficient (Wildman–Crippen LogP) is 3.41. The van der Waals surface area contributed by atoms with Crippen LogP contribution in [0.3, 0.4) is 0 Å². The highest BCUT2D eigenvalue weighted by Gasteiger charge is 2.34. The molecule has 0 spiro atoms. The number of nitrogens with zero attached hydrogens (tertiary/aromatic N) is 1. The Morgan fingerprint density at radius 3 is 2.68 bits per heavy atom. The van der Waals surface area contributed by atoms with Crippen LogP contribution < -0.4 is 5.43 Å². The lowest BCUT2D eigenvalue weighted by Crippen LogP contribution is -2.34. The Morgan fingerprint density at radius 1 is 1.37 bits per heavy atom. The van der Waals surface area contributed by atoms with E-state index in [0.29, 0.717) is 24.5 Å². The van der Waals surface area contributed by atoms with Crippen molar-refractivity contribution in [1.82, 2.24) is 5.43 Å². The summed E-state index contributed by atoms with van der Waals surface area (Å²) in [5.41, 5.74) is 4.21. The Kier molecular flexibility index (Phi) is 4.30. The van der Waals surface area contributed by atoms with Gasteiger partial charge in [-0.05, 0) is 12.8 Å². The van der Waals surface area contributed by atoms with Gasteiger partial charge in [-0.1, -0.05) is 55.9 Å². The molecule has 0 bridgehead atoms. The Morgan fingerprint density at radius 2 is 2.05 bits per heavy atom. The summed E-state index contributed by atoms with van der Waals surface area (Å²) in [4.78, 5) is 11.6. The number of hydrazone groups is 1. The van der Waals surface area contributed by atoms with Gasteiger partial charge in [0.2, 0.25) is 0 Å². The van der Waals surface area contributed by atoms with Gasteiger partial charge in [0.1, 0.15) is 15.7 Å². The van der Waals surface area contributed by atoms with Crippen molar-refractivity contribution < 1.29 is 4.79 Å². The monoisotopic (exact) mass is 276 g/mol. The first kappa shape index (κ1) is 14.1. The summed E-state index contributed by atoms with van der Waals surface area (Å²) in [5.74, 6) is 0.707. The third-order valence-electron chi connectivity index (χ3n) is 2.91. The van der Waals surface area contributed by atoms with Crippen molar-refractivity contribution >= 4 is 22.6 Å². The fourth-order valence-corrected chi connectivity index (χ4v) is 3.21. The van der Waals surface area contributed by atoms with Crippen molar-refractivity contribution in [2.24, 2.45) is 11.0 Å². The molecule has 1 aliphatic heterocycles. The zero-order valence-corrected chi connectivity index (χ0v) is 12.5. The molecule has 102 valence electrons. The maximum absolute atomic E-state index is 12.0. The highest BCUT2D eigenvalue weighted by atomic mass is 32.2. The van der Waals surface area contributed by atoms with Crippen molar-refractivity contribution in [3.63, 3.8) is 0 Å². The smallest absolute Gasteiger partial charge is 0.136 e. The van der Waals surface area contributed by atoms with Crippen LogP contribution in [0.25, 0.3) is 0 Å². The number of Topliss-reactive ketones (excluding diaryl/α,β-unsaturated/α-hetero) is 1. The normalized spacial score (nSPS) is 22.2. The zero-order valence-electron chi connectivity index (χ0n) is 11.6. The number of hydrogen-bond acceptors (Lipinski definition) is 4. The minimum absolute atomic E-state index is 0.294. The molecule has 0 fully saturated rings. The first-order chi connectivity index (χ1) is 8.98. The molecule has 1 N–H and O–H groups in total. The number of thioether (sulfide) groups is 1. The van der Waals surface area contributed by atoms with E-state index >= 15 is 0 Å². The number of carbonyl (C=O) groups is 1. The quantitative estimate of drug-likeness (QED) is 0.896. The summed E-state index contributed by atoms with van der Waals surface area (Å²) in [6.45, 7) is 6.18. The Bertz CT molecular complexity index is 484. The first-order valence-corrected chi connectivity index (χ1v) is 7.41. The predicted molar refractivity (Wildman–Crippen MR) is 81.2 cm³/mol. The zero-order chi connectivity index (χ0) is 13.9. The van der Waals surface area contributed by atoms with Crippen LogP contribution in [0.15, 0.2) is 35.4 Å². The molecule has 0 aromatic heterocycles. The van der Waals surface area contributed by atoms with Crippen molar-refractivity contribution in [3.05, 3.63) is 35.9 Å². The van der Waals surface area contributed by atoms with Crippen LogP contribution in [-0.4, -0.2) is 15.7 Å². The van der Waals surface area contributed by atoms with Gasteiger partial charge in [0.05, 0.1) is 0 Å². The summed E-state index contributed by atoms with van der Waals surface area (Å²) in [7, 11) is 0. The number of benzene rings is 1. The van der Waals surface area contributed by atoms with Gasteiger partial charge in [0, 0.05) is 18.4 Å². The lowest BCUT2D eigenvalue weighted by atomic mass is 10.0. The van der Waals surface area contributed by atoms with Gasteiger partial charge in [0.25, 0.3) is 0 Å². The Hall–Kier alpha value is -1.29. The maximum Gasteiger partial charge on any atom is 0.136 e. The molecular formula is C15H20N2OS. The van der Waals surface area contributed by atoms with Gasteiger partial charge >= 0.3 is 0 Å². The summed E-state index contributed by atoms with van der Waals surface area (Å²) in [6, 6.07) is 10.1. The van der Waals surface area contributed by atoms with Crippen molar-refractivity contribution in [1.29, 1.82) is 0 Å². The number of hydrogen-bond donors (Lipinski definition) is 1. The van der Waals surface area contributed by atoms with Crippen LogP contribution >= 0.6 is 11.8 Å². The molecular weight excluding hydrogens is 256 g/mol. The van der Waals surface area contributed by atoms with Crippen molar-refractivity contribution in [2.75, 3.05) is 0 Å². The maximum atomic E-state index is 12.0. The number of ketones is 1. The van der Waals surface area contributed by atoms with E-state index < -0.39 is 0 Å². The molecule has 1 unspecified atom stereocenters. The summed E-state index contributed by atoms with van der Waals surface area (Å²) in [6.07, 6.45) is 1.15. The molecule has 0 saturated carbocycles. The molecule has 1 heterocycles. The van der Waals surface area contributed by atoms with Crippen LogP contribution in [0.5, 0.6) is 0 Å². The minimum Gasteiger partial charge on any atom is -0.300 e. The van der Waals surface area contributed by atoms with Crippen LogP contribution in [0.4, 0.5) is 0 Å². The van der Waals surface area contributed by atoms with Gasteiger partial charge < -0.3 is 0 Å². The van der Waals surface area contributed by atoms with E-state index in [1.807, 2.05) is 37.3 Å². The SMILES string of the molecule is CC(C)CC(=O)CC1(C)NN=C(c2ccccc2)S1. The highest BCUT2D eigenvalue weighted by Crippen LogP contribution is 2.35. The molecule has 4 heteroatoms. The van der Waals surface area contributed by atoms with E-state index in [-0.39, 0.29) is 4.87 Å². The third kappa shape index (κ3) is 3.83. The first-order valence-electron chi connectivity index (χ1n) is 6.59. The van der Waals surface area contributed by atoms with Gasteiger partial charge in [-0.3, -0.25) is 10.2 Å². The average Bonchev–Trinajstić information content (AvgIpc) is 2.71. The second-order valence-electron chi connectivity index (χ2n) is 5.54. The lowest BCUT2D eigenvalue weighted by molar-refractivity contribution is -0.120. The van der Waals surface area contributed by atoms with Crippen LogP contribution in [0, 0.1) is 5.92 Å². The molecule has 19 heavy (non-hydrogen) atoms. The molecule has 0 amide bonds. The van der Waals surface area contributed by atoms with E-state index in [1.54, 1.807) is 11.8 Å². The fraction of sp³-hybridized carbons (Fsp3) is 0.467. The Labute approximate surface area is 118 Å². The highest BCUT2D eigenvalue weighted by molar-refractivity contribution is 8.15. The van der Waals surface area contributed by atoms with Gasteiger partial charge in [-0.2, -0.15) is 5.10 Å². The lowest BCUT2D eigenvalue weighted by Gasteiger charge is -2.22. The number of nitrogens with one attached hydrogen (secondary N) is 1. The van der Waals surface area contributed by atoms with Crippen LogP contribution in [0.2, 0.25) is 0 Å². The van der Waals surface area contributed by atoms with Gasteiger partial charge in [0.15, 0.2) is 0 Å². The van der Waals surface area contributed by atoms with E-state index in [4.69, 9.17) is 0 Å². The summed E-state index contributed by atoms with van der Waals surface area (Å²) in [5, 5.41) is 5.33. The van der Waals surface area contributed by atoms with Crippen molar-refractivity contribution in [3.8, 4) is 0 Å². The molecule has 3 nitrogen and oxygen atoms in total. The van der Waals surface area contributed by atoms with Crippen LogP contribution in [-0.2, 0) is 4.79 Å². The minimum atomic E-state index is -0.308. The third-order valence-corrected chi connectivity index (χ3v) is 4.11. The second kappa shape index (κ2) is 5.78. The van der Waals surface area contributed by atoms with Crippen molar-refractivity contribution in [2.45, 2.75) is 38.5 Å². The molecule has 0 radical (unpaired) electrons. The van der Waals surface area contributed by atoms with Crippen LogP contribution in [0.1, 0.15) is 39.2 Å². The standard InChI is InChI=1S/C15H20N2OS/c1-11(2)9-13(18)10-15(3)17-16-14(19-15)12-7-5-4-6-8-12/h4-8,11,17H,9-10H2,1-3H3. The van der Waals surface area contributed by atoms with E-state index in [0.717, 1.165) is 10.6 Å². The molecule has 1 aromatic carbocycles. The van der Waals surface area contributed by atoms with E-state index in [2.05, 4.69) is 24.4 Å². The molecule has 0 saturated heterocycles. The average molecular weight is 276 g/mol. The number of rotatable bonds is 5. The summed E-state index contributed by atoms with van der Waals surface area (Å²) < 4.78 is 0. The van der Waals surface area contributed by atoms with Gasteiger partial charge in [-0.15, -0.1) is 0 Å². The molecule has 2 rings (SSSR count). The largest absolute Gasteiger partial charge is 0.300 e. The second-order valence-corrected chi connectivity index (χ2v) is 7.03. The van der Waals surface area contributed by atoms with E-state index in [1.165, 1.54) is 0 Å². The fourth-order valence-electron chi connectivity index (χ4n) is 2.11. The molecule has 1 aliphatic rings. The number of carbonyl (C=O) groups excluding carboxylic acids is 1. The molecule has 1 aromatic rings. The molecule has 1 atom stereocenters. The summed E-state index contributed by atoms with van der Waals surface area (Å²) >= 11 is 1.64. The van der Waals surface area contributed by atoms with Gasteiger partial charge in [-0.25, -0.2) is 0 Å². The molecule has 0 aliphatic carbocycles. The topological polar surface area (TPSA) is 41.5 Å². The van der Waals surface area contributed by atoms with E-state index in [9.17, 15) is 4.79 Å². The Balaban J connectivity index is 1.97.